The molecule has 0 fully saturated rings. The molecule has 5 nitrogen and oxygen atoms in total. The molecule has 0 atom stereocenters. The molecule has 0 saturated heterocycles. The van der Waals surface area contributed by atoms with Crippen molar-refractivity contribution in [3.63, 3.8) is 0 Å². The molecule has 23 heavy (non-hydrogen) atoms. The quantitative estimate of drug-likeness (QED) is 0.600. The molecule has 0 unspecified atom stereocenters. The van der Waals surface area contributed by atoms with Crippen molar-refractivity contribution in [1.29, 1.82) is 0 Å². The second-order valence-electron chi connectivity index (χ2n) is 5.01. The van der Waals surface area contributed by atoms with Gasteiger partial charge in [0, 0.05) is 17.0 Å². The highest BCUT2D eigenvalue weighted by atomic mass is 32.1. The summed E-state index contributed by atoms with van der Waals surface area (Å²) in [5, 5.41) is 13.1. The molecular formula is C17H12N4OS. The van der Waals surface area contributed by atoms with Crippen LogP contribution in [-0.2, 0) is 0 Å². The van der Waals surface area contributed by atoms with Gasteiger partial charge in [-0.1, -0.05) is 18.2 Å². The van der Waals surface area contributed by atoms with Gasteiger partial charge in [-0.2, -0.15) is 5.10 Å². The molecule has 0 aliphatic carbocycles. The number of benzene rings is 1. The zero-order valence-corrected chi connectivity index (χ0v) is 12.8. The van der Waals surface area contributed by atoms with Crippen LogP contribution in [0.15, 0.2) is 60.2 Å². The highest BCUT2D eigenvalue weighted by Crippen LogP contribution is 2.31. The van der Waals surface area contributed by atoms with Crippen molar-refractivity contribution in [2.45, 2.75) is 0 Å². The van der Waals surface area contributed by atoms with Gasteiger partial charge in [0.1, 0.15) is 5.69 Å². The Morgan fingerprint density at radius 3 is 2.96 bits per heavy atom. The maximum absolute atomic E-state index is 12.3. The molecule has 0 spiro atoms. The molecule has 4 aromatic rings. The van der Waals surface area contributed by atoms with Crippen LogP contribution in [0.3, 0.4) is 0 Å². The molecule has 4 rings (SSSR count). The summed E-state index contributed by atoms with van der Waals surface area (Å²) in [6.45, 7) is 0. The van der Waals surface area contributed by atoms with E-state index in [4.69, 9.17) is 0 Å². The van der Waals surface area contributed by atoms with Gasteiger partial charge in [0.05, 0.1) is 27.8 Å². The number of anilines is 1. The summed E-state index contributed by atoms with van der Waals surface area (Å²) in [4.78, 5) is 17.2. The summed E-state index contributed by atoms with van der Waals surface area (Å²) in [5.41, 5.74) is 3.14. The van der Waals surface area contributed by atoms with Gasteiger partial charge in [-0.05, 0) is 24.3 Å². The van der Waals surface area contributed by atoms with Crippen LogP contribution in [0, 0.1) is 0 Å². The maximum Gasteiger partial charge on any atom is 0.256 e. The number of fused-ring (bicyclic) bond motifs is 1. The fourth-order valence-corrected chi connectivity index (χ4v) is 3.26. The molecule has 0 radical (unpaired) electrons. The smallest absolute Gasteiger partial charge is 0.256 e. The number of para-hydroxylation sites is 1. The zero-order chi connectivity index (χ0) is 15.6. The lowest BCUT2D eigenvalue weighted by Crippen LogP contribution is -2.10. The number of carbonyl (C=O) groups excluding carboxylic acids is 1. The lowest BCUT2D eigenvalue weighted by atomic mass is 10.2. The summed E-state index contributed by atoms with van der Waals surface area (Å²) in [6, 6.07) is 13.4. The number of pyridine rings is 1. The standard InChI is InChI=1S/C17H12N4OS/c22-17(19-12-4-3-7-18-9-12)11-8-15(23-10-11)16-13-5-1-2-6-14(13)20-21-16/h1-10H,(H,19,22)(H,20,21). The van der Waals surface area contributed by atoms with Crippen LogP contribution < -0.4 is 5.32 Å². The summed E-state index contributed by atoms with van der Waals surface area (Å²) in [6.07, 6.45) is 3.29. The number of aromatic nitrogens is 3. The van der Waals surface area contributed by atoms with Gasteiger partial charge in [-0.15, -0.1) is 11.3 Å². The Bertz CT molecular complexity index is 974. The zero-order valence-electron chi connectivity index (χ0n) is 12.0. The van der Waals surface area contributed by atoms with Gasteiger partial charge < -0.3 is 5.32 Å². The number of thiophene rings is 1. The van der Waals surface area contributed by atoms with Crippen molar-refractivity contribution in [3.05, 3.63) is 65.8 Å². The Morgan fingerprint density at radius 2 is 2.09 bits per heavy atom. The number of rotatable bonds is 3. The Hall–Kier alpha value is -2.99. The molecule has 6 heteroatoms. The minimum Gasteiger partial charge on any atom is -0.321 e. The van der Waals surface area contributed by atoms with E-state index >= 15 is 0 Å². The van der Waals surface area contributed by atoms with E-state index < -0.39 is 0 Å². The number of hydrogen-bond donors (Lipinski definition) is 2. The first kappa shape index (κ1) is 13.7. The second kappa shape index (κ2) is 5.66. The van der Waals surface area contributed by atoms with Crippen LogP contribution in [0.4, 0.5) is 5.69 Å². The van der Waals surface area contributed by atoms with Crippen molar-refractivity contribution in [3.8, 4) is 10.6 Å². The van der Waals surface area contributed by atoms with E-state index in [-0.39, 0.29) is 5.91 Å². The van der Waals surface area contributed by atoms with Gasteiger partial charge in [-0.25, -0.2) is 0 Å². The van der Waals surface area contributed by atoms with E-state index in [0.717, 1.165) is 21.5 Å². The van der Waals surface area contributed by atoms with Gasteiger partial charge in [0.15, 0.2) is 0 Å². The van der Waals surface area contributed by atoms with Crippen molar-refractivity contribution in [2.24, 2.45) is 0 Å². The minimum absolute atomic E-state index is 0.152. The molecule has 3 heterocycles. The topological polar surface area (TPSA) is 70.7 Å². The molecule has 112 valence electrons. The van der Waals surface area contributed by atoms with Crippen LogP contribution in [-0.4, -0.2) is 21.1 Å². The lowest BCUT2D eigenvalue weighted by molar-refractivity contribution is 0.102. The fourth-order valence-electron chi connectivity index (χ4n) is 2.37. The summed E-state index contributed by atoms with van der Waals surface area (Å²) < 4.78 is 0. The monoisotopic (exact) mass is 320 g/mol. The third-order valence-corrected chi connectivity index (χ3v) is 4.42. The van der Waals surface area contributed by atoms with Gasteiger partial charge in [0.2, 0.25) is 0 Å². The first-order valence-corrected chi connectivity index (χ1v) is 7.92. The molecule has 1 aromatic carbocycles. The van der Waals surface area contributed by atoms with Crippen molar-refractivity contribution < 1.29 is 4.79 Å². The second-order valence-corrected chi connectivity index (χ2v) is 5.92. The van der Waals surface area contributed by atoms with E-state index in [9.17, 15) is 4.79 Å². The average Bonchev–Trinajstić information content (AvgIpc) is 3.22. The Kier molecular flexibility index (Phi) is 3.36. The molecule has 0 aliphatic heterocycles. The SMILES string of the molecule is O=C(Nc1cccnc1)c1csc(-c2n[nH]c3ccccc23)c1. The van der Waals surface area contributed by atoms with Gasteiger partial charge >= 0.3 is 0 Å². The number of aromatic amines is 1. The summed E-state index contributed by atoms with van der Waals surface area (Å²) >= 11 is 1.50. The van der Waals surface area contributed by atoms with Crippen molar-refractivity contribution in [1.82, 2.24) is 15.2 Å². The maximum atomic E-state index is 12.3. The van der Waals surface area contributed by atoms with Crippen LogP contribution >= 0.6 is 11.3 Å². The van der Waals surface area contributed by atoms with E-state index in [2.05, 4.69) is 20.5 Å². The Labute approximate surface area is 136 Å². The first-order valence-electron chi connectivity index (χ1n) is 7.04. The van der Waals surface area contributed by atoms with E-state index in [1.807, 2.05) is 35.7 Å². The van der Waals surface area contributed by atoms with Gasteiger partial charge in [0.25, 0.3) is 5.91 Å². The summed E-state index contributed by atoms with van der Waals surface area (Å²) in [7, 11) is 0. The number of nitrogens with zero attached hydrogens (tertiary/aromatic N) is 2. The Balaban J connectivity index is 1.63. The highest BCUT2D eigenvalue weighted by molar-refractivity contribution is 7.14. The summed E-state index contributed by atoms with van der Waals surface area (Å²) in [5.74, 6) is -0.152. The molecule has 0 bridgehead atoms. The number of H-pyrrole nitrogens is 1. The van der Waals surface area contributed by atoms with Crippen LogP contribution in [0.25, 0.3) is 21.5 Å². The van der Waals surface area contributed by atoms with E-state index in [0.29, 0.717) is 11.3 Å². The average molecular weight is 320 g/mol. The molecule has 0 aliphatic rings. The molecule has 0 saturated carbocycles. The van der Waals surface area contributed by atoms with Crippen LogP contribution in [0.1, 0.15) is 10.4 Å². The van der Waals surface area contributed by atoms with Crippen LogP contribution in [0.2, 0.25) is 0 Å². The number of hydrogen-bond acceptors (Lipinski definition) is 4. The first-order chi connectivity index (χ1) is 11.3. The van der Waals surface area contributed by atoms with E-state index in [1.165, 1.54) is 11.3 Å². The number of nitrogens with one attached hydrogen (secondary N) is 2. The molecule has 1 amide bonds. The van der Waals surface area contributed by atoms with E-state index in [1.54, 1.807) is 24.5 Å². The lowest BCUT2D eigenvalue weighted by Gasteiger charge is -2.01. The number of amides is 1. The van der Waals surface area contributed by atoms with Crippen molar-refractivity contribution >= 4 is 33.8 Å². The number of carbonyl (C=O) groups is 1. The normalized spacial score (nSPS) is 10.8. The molecule has 2 N–H and O–H groups in total. The third kappa shape index (κ3) is 2.60. The minimum atomic E-state index is -0.152. The third-order valence-electron chi connectivity index (χ3n) is 3.48. The predicted octanol–water partition coefficient (Wildman–Crippen LogP) is 3.94. The van der Waals surface area contributed by atoms with Gasteiger partial charge in [-0.3, -0.25) is 14.9 Å². The largest absolute Gasteiger partial charge is 0.321 e. The Morgan fingerprint density at radius 1 is 1.17 bits per heavy atom. The van der Waals surface area contributed by atoms with Crippen molar-refractivity contribution in [2.75, 3.05) is 5.32 Å². The predicted molar refractivity (Wildman–Crippen MR) is 91.6 cm³/mol. The molecular weight excluding hydrogens is 308 g/mol. The highest BCUT2D eigenvalue weighted by Gasteiger charge is 2.14. The van der Waals surface area contributed by atoms with Crippen LogP contribution in [0.5, 0.6) is 0 Å². The fraction of sp³-hybridized carbons (Fsp3) is 0. The molecule has 3 aromatic heterocycles.